The van der Waals surface area contributed by atoms with Gasteiger partial charge >= 0.3 is 0 Å². The number of thioether (sulfide) groups is 1. The van der Waals surface area contributed by atoms with E-state index in [2.05, 4.69) is 33.0 Å². The number of nitrogens with one attached hydrogen (secondary N) is 1. The number of piperazine rings is 1. The zero-order chi connectivity index (χ0) is 16.0. The lowest BCUT2D eigenvalue weighted by Gasteiger charge is -2.41. The van der Waals surface area contributed by atoms with E-state index in [0.717, 1.165) is 24.3 Å². The van der Waals surface area contributed by atoms with E-state index in [9.17, 15) is 9.59 Å². The van der Waals surface area contributed by atoms with Crippen LogP contribution in [0.5, 0.6) is 0 Å². The van der Waals surface area contributed by atoms with E-state index in [-0.39, 0.29) is 29.8 Å². The Morgan fingerprint density at radius 1 is 1.24 bits per heavy atom. The van der Waals surface area contributed by atoms with E-state index in [0.29, 0.717) is 12.5 Å². The van der Waals surface area contributed by atoms with Crippen LogP contribution in [0.25, 0.3) is 0 Å². The lowest BCUT2D eigenvalue weighted by Crippen LogP contribution is -2.65. The van der Waals surface area contributed by atoms with Crippen LogP contribution in [-0.2, 0) is 9.59 Å². The predicted octanol–water partition coefficient (Wildman–Crippen LogP) is 2.53. The summed E-state index contributed by atoms with van der Waals surface area (Å²) in [4.78, 5) is 27.0. The summed E-state index contributed by atoms with van der Waals surface area (Å²) in [5.74, 6) is 2.65. The van der Waals surface area contributed by atoms with Crippen LogP contribution in [0.15, 0.2) is 0 Å². The smallest absolute Gasteiger partial charge is 0.246 e. The third kappa shape index (κ3) is 4.90. The van der Waals surface area contributed by atoms with Crippen LogP contribution >= 0.6 is 11.8 Å². The highest BCUT2D eigenvalue weighted by molar-refractivity contribution is 7.99. The molecule has 1 aliphatic rings. The van der Waals surface area contributed by atoms with Crippen molar-refractivity contribution in [2.75, 3.05) is 18.1 Å². The zero-order valence-electron chi connectivity index (χ0n) is 14.0. The van der Waals surface area contributed by atoms with E-state index in [1.54, 1.807) is 0 Å². The van der Waals surface area contributed by atoms with Crippen LogP contribution in [0, 0.1) is 11.8 Å². The van der Waals surface area contributed by atoms with Crippen molar-refractivity contribution in [1.82, 2.24) is 10.2 Å². The van der Waals surface area contributed by atoms with Crippen LogP contribution in [0.2, 0.25) is 0 Å². The Bertz CT molecular complexity index is 360. The highest BCUT2D eigenvalue weighted by Crippen LogP contribution is 2.22. The molecule has 21 heavy (non-hydrogen) atoms. The minimum absolute atomic E-state index is 0.0232. The first-order chi connectivity index (χ1) is 9.92. The van der Waals surface area contributed by atoms with E-state index in [1.807, 2.05) is 23.6 Å². The Hall–Kier alpha value is -0.710. The lowest BCUT2D eigenvalue weighted by molar-refractivity contribution is -0.151. The monoisotopic (exact) mass is 314 g/mol. The molecule has 0 aromatic carbocycles. The van der Waals surface area contributed by atoms with Crippen molar-refractivity contribution in [2.24, 2.45) is 11.8 Å². The molecule has 0 aromatic rings. The fraction of sp³-hybridized carbons (Fsp3) is 0.875. The van der Waals surface area contributed by atoms with Gasteiger partial charge in [-0.3, -0.25) is 9.59 Å². The van der Waals surface area contributed by atoms with Gasteiger partial charge in [-0.05, 0) is 24.0 Å². The molecule has 2 amide bonds. The SMILES string of the molecule is CCSCCN1C(=O)C(C(C)CC)NC(=O)C1CC(C)C. The molecule has 1 N–H and O–H groups in total. The van der Waals surface area contributed by atoms with Crippen LogP contribution in [0.1, 0.15) is 47.5 Å². The van der Waals surface area contributed by atoms with Gasteiger partial charge in [0, 0.05) is 12.3 Å². The maximum absolute atomic E-state index is 12.8. The van der Waals surface area contributed by atoms with Gasteiger partial charge in [0.1, 0.15) is 12.1 Å². The van der Waals surface area contributed by atoms with Crippen molar-refractivity contribution in [2.45, 2.75) is 59.5 Å². The van der Waals surface area contributed by atoms with Gasteiger partial charge in [-0.25, -0.2) is 0 Å². The van der Waals surface area contributed by atoms with Gasteiger partial charge in [-0.2, -0.15) is 11.8 Å². The van der Waals surface area contributed by atoms with Crippen molar-refractivity contribution >= 4 is 23.6 Å². The number of nitrogens with zero attached hydrogens (tertiary/aromatic N) is 1. The van der Waals surface area contributed by atoms with Gasteiger partial charge in [-0.15, -0.1) is 0 Å². The Morgan fingerprint density at radius 2 is 1.90 bits per heavy atom. The van der Waals surface area contributed by atoms with E-state index in [1.165, 1.54) is 0 Å². The molecule has 3 atom stereocenters. The van der Waals surface area contributed by atoms with Crippen molar-refractivity contribution < 1.29 is 9.59 Å². The van der Waals surface area contributed by atoms with Crippen LogP contribution in [0.3, 0.4) is 0 Å². The molecule has 1 heterocycles. The maximum Gasteiger partial charge on any atom is 0.246 e. The largest absolute Gasteiger partial charge is 0.342 e. The normalized spacial score (nSPS) is 24.4. The fourth-order valence-electron chi connectivity index (χ4n) is 2.66. The molecule has 3 unspecified atom stereocenters. The summed E-state index contributed by atoms with van der Waals surface area (Å²) in [6.07, 6.45) is 1.63. The zero-order valence-corrected chi connectivity index (χ0v) is 14.8. The Morgan fingerprint density at radius 3 is 2.43 bits per heavy atom. The fourth-order valence-corrected chi connectivity index (χ4v) is 3.27. The van der Waals surface area contributed by atoms with Crippen molar-refractivity contribution in [3.8, 4) is 0 Å². The van der Waals surface area contributed by atoms with E-state index in [4.69, 9.17) is 0 Å². The second kappa shape index (κ2) is 8.66. The number of hydrogen-bond acceptors (Lipinski definition) is 3. The van der Waals surface area contributed by atoms with E-state index < -0.39 is 0 Å². The number of carbonyl (C=O) groups excluding carboxylic acids is 2. The summed E-state index contributed by atoms with van der Waals surface area (Å²) in [6, 6.07) is -0.646. The molecule has 0 spiro atoms. The molecular formula is C16H30N2O2S. The van der Waals surface area contributed by atoms with Crippen LogP contribution in [0.4, 0.5) is 0 Å². The number of amides is 2. The summed E-state index contributed by atoms with van der Waals surface area (Å²) in [7, 11) is 0. The Labute approximate surface area is 133 Å². The third-order valence-corrected chi connectivity index (χ3v) is 4.99. The highest BCUT2D eigenvalue weighted by atomic mass is 32.2. The number of hydrogen-bond donors (Lipinski definition) is 1. The molecule has 1 saturated heterocycles. The Balaban J connectivity index is 2.88. The molecule has 5 heteroatoms. The van der Waals surface area contributed by atoms with Crippen LogP contribution < -0.4 is 5.32 Å². The second-order valence-corrected chi connectivity index (χ2v) is 7.64. The second-order valence-electron chi connectivity index (χ2n) is 6.25. The molecule has 0 aromatic heterocycles. The molecule has 4 nitrogen and oxygen atoms in total. The lowest BCUT2D eigenvalue weighted by atomic mass is 9.91. The van der Waals surface area contributed by atoms with Gasteiger partial charge in [-0.1, -0.05) is 41.0 Å². The van der Waals surface area contributed by atoms with Gasteiger partial charge < -0.3 is 10.2 Å². The summed E-state index contributed by atoms with van der Waals surface area (Å²) in [6.45, 7) is 11.1. The maximum atomic E-state index is 12.8. The first-order valence-electron chi connectivity index (χ1n) is 8.10. The van der Waals surface area contributed by atoms with Crippen LogP contribution in [-0.4, -0.2) is 46.8 Å². The molecule has 1 rings (SSSR count). The van der Waals surface area contributed by atoms with Gasteiger partial charge in [0.25, 0.3) is 0 Å². The van der Waals surface area contributed by atoms with Crippen molar-refractivity contribution in [1.29, 1.82) is 0 Å². The van der Waals surface area contributed by atoms with Gasteiger partial charge in [0.05, 0.1) is 0 Å². The minimum Gasteiger partial charge on any atom is -0.342 e. The third-order valence-electron chi connectivity index (χ3n) is 4.11. The summed E-state index contributed by atoms with van der Waals surface area (Å²) < 4.78 is 0. The summed E-state index contributed by atoms with van der Waals surface area (Å²) in [5.41, 5.74) is 0. The molecule has 0 aliphatic carbocycles. The molecule has 0 radical (unpaired) electrons. The molecule has 0 saturated carbocycles. The van der Waals surface area contributed by atoms with Gasteiger partial charge in [0.15, 0.2) is 0 Å². The Kier molecular flexibility index (Phi) is 7.57. The average molecular weight is 314 g/mol. The summed E-state index contributed by atoms with van der Waals surface area (Å²) in [5, 5.41) is 2.96. The molecule has 122 valence electrons. The number of carbonyl (C=O) groups is 2. The first-order valence-corrected chi connectivity index (χ1v) is 9.26. The predicted molar refractivity (Wildman–Crippen MR) is 89.3 cm³/mol. The van der Waals surface area contributed by atoms with Gasteiger partial charge in [0.2, 0.25) is 11.8 Å². The molecule has 0 bridgehead atoms. The average Bonchev–Trinajstić information content (AvgIpc) is 2.44. The minimum atomic E-state index is -0.350. The quantitative estimate of drug-likeness (QED) is 0.700. The van der Waals surface area contributed by atoms with Crippen molar-refractivity contribution in [3.05, 3.63) is 0 Å². The highest BCUT2D eigenvalue weighted by Gasteiger charge is 2.41. The molecule has 1 fully saturated rings. The molecule has 1 aliphatic heterocycles. The standard InChI is InChI=1S/C16H30N2O2S/c1-6-12(5)14-16(20)18(8-9-21-7-2)13(10-11(3)4)15(19)17-14/h11-14H,6-10H2,1-5H3,(H,17,19). The topological polar surface area (TPSA) is 49.4 Å². The molecular weight excluding hydrogens is 284 g/mol. The van der Waals surface area contributed by atoms with E-state index >= 15 is 0 Å². The van der Waals surface area contributed by atoms with Crippen molar-refractivity contribution in [3.63, 3.8) is 0 Å². The number of rotatable bonds is 8. The first kappa shape index (κ1) is 18.3. The summed E-state index contributed by atoms with van der Waals surface area (Å²) >= 11 is 1.82.